The number of fused-ring (bicyclic) bond motifs is 6. The van der Waals surface area contributed by atoms with E-state index in [1.807, 2.05) is 90.8 Å². The zero-order valence-electron chi connectivity index (χ0n) is 75.5. The van der Waals surface area contributed by atoms with Crippen LogP contribution in [0.15, 0.2) is 178 Å². The van der Waals surface area contributed by atoms with Crippen molar-refractivity contribution in [3.8, 4) is 68.2 Å². The maximum atomic E-state index is 10.9. The van der Waals surface area contributed by atoms with Crippen LogP contribution in [-0.4, -0.2) is 169 Å². The molecule has 2 N–H and O–H groups in total. The normalized spacial score (nSPS) is 20.1. The van der Waals surface area contributed by atoms with Crippen LogP contribution in [0.3, 0.4) is 0 Å². The number of aromatic amines is 1. The van der Waals surface area contributed by atoms with Crippen molar-refractivity contribution in [1.82, 2.24) is 98.7 Å². The van der Waals surface area contributed by atoms with Crippen LogP contribution in [0.4, 0.5) is 11.4 Å². The largest absolute Gasteiger partial charge is 0.453 e. The zero-order valence-corrected chi connectivity index (χ0v) is 75.5. The van der Waals surface area contributed by atoms with Crippen molar-refractivity contribution in [3.63, 3.8) is 0 Å². The van der Waals surface area contributed by atoms with Crippen molar-refractivity contribution in [2.24, 2.45) is 7.05 Å². The van der Waals surface area contributed by atoms with Crippen molar-refractivity contribution in [1.29, 1.82) is 0 Å². The van der Waals surface area contributed by atoms with Crippen molar-refractivity contribution in [2.75, 3.05) is 64.3 Å². The van der Waals surface area contributed by atoms with Gasteiger partial charge in [-0.05, 0) is 219 Å². The van der Waals surface area contributed by atoms with Crippen LogP contribution in [0.25, 0.3) is 67.1 Å². The summed E-state index contributed by atoms with van der Waals surface area (Å²) in [6.45, 7) is 13.8. The van der Waals surface area contributed by atoms with Crippen LogP contribution >= 0.6 is 0 Å². The number of H-pyrrole nitrogens is 1. The van der Waals surface area contributed by atoms with Gasteiger partial charge in [-0.2, -0.15) is 35.7 Å². The van der Waals surface area contributed by atoms with E-state index in [1.165, 1.54) is 62.6 Å². The second kappa shape index (κ2) is 36.6. The van der Waals surface area contributed by atoms with Gasteiger partial charge in [-0.25, -0.2) is 0 Å². The highest BCUT2D eigenvalue weighted by molar-refractivity contribution is 5.91. The minimum Gasteiger partial charge on any atom is -0.453 e. The molecule has 8 fully saturated rings. The standard InChI is InChI=1S/C29H31N5O3.C27H32N6O2.C24H25N5O2.C23H23N5O2/c1-29(35)10-13-33(25-6-11-30-17-23(25)29)21-4-5-22-24(16-21)31-12-7-26(22)37-27-18-34(20-2-3-20)32-28(27)19-8-14-36-15-9-19;1-2-32-15-19-14-31(16-24(19)29-32)21-5-6-22-23(13-21)28-10-7-25(22)35-26-17-33(20-3-4-20)30-27(26)18-8-11-34-12-9-18;1-28-14-18(13-26-28)17-2-5-20-21(12-17)25-9-6-22(20)31-23-15-29(19-3-4-19)27-24(23)16-7-10-30-11-8-16;1-4-19-20(11-16(1)17-12-25-26-13-17)24-8-5-21(19)30-22-14-28(18-2-3-18)27-23(22)15-6-9-29-10-7-15/h4-7,11-12,16-20,35H,2-3,8-10,13-15H2,1H3;6-7,10,13,15,17-18,20-21H,2-5,8-9,11-12,14,16H2,1H3;2,5-6,9,12-16,19H,3-4,7-8,10-11H2,1H3;1,4-5,8,11-15,18H,2-3,6-7,9-10H2,(H,25,26). The first-order chi connectivity index (χ1) is 65.4. The summed E-state index contributed by atoms with van der Waals surface area (Å²) in [6.07, 6.45) is 52.6. The van der Waals surface area contributed by atoms with Crippen LogP contribution in [-0.2, 0) is 51.2 Å². The first kappa shape index (κ1) is 84.4. The van der Waals surface area contributed by atoms with Gasteiger partial charge in [0.05, 0.1) is 100 Å². The van der Waals surface area contributed by atoms with Crippen molar-refractivity contribution in [2.45, 2.75) is 209 Å². The Morgan fingerprint density at radius 2 is 0.925 bits per heavy atom. The van der Waals surface area contributed by atoms with Gasteiger partial charge in [0, 0.05) is 221 Å². The van der Waals surface area contributed by atoms with Crippen LogP contribution in [0.1, 0.15) is 217 Å². The molecule has 0 amide bonds. The summed E-state index contributed by atoms with van der Waals surface area (Å²) in [6, 6.07) is 30.9. The molecule has 30 heteroatoms. The van der Waals surface area contributed by atoms with Crippen LogP contribution < -0.4 is 34.4 Å². The number of aliphatic hydroxyl groups is 1. The molecule has 15 aromatic rings. The van der Waals surface area contributed by atoms with Gasteiger partial charge >= 0.3 is 0 Å². The molecule has 6 aliphatic heterocycles. The molecular formula is C103H111N21O9. The third-order valence-electron chi connectivity index (χ3n) is 28.0. The lowest BCUT2D eigenvalue weighted by atomic mass is 9.88. The Morgan fingerprint density at radius 1 is 0.459 bits per heavy atom. The van der Waals surface area contributed by atoms with Gasteiger partial charge in [-0.3, -0.25) is 63.0 Å². The molecular weight excluding hydrogens is 1680 g/mol. The number of aryl methyl sites for hydroxylation is 2. The second-order valence-corrected chi connectivity index (χ2v) is 37.5. The fourth-order valence-corrected chi connectivity index (χ4v) is 19.8. The van der Waals surface area contributed by atoms with E-state index in [4.69, 9.17) is 68.4 Å². The second-order valence-electron chi connectivity index (χ2n) is 37.5. The van der Waals surface area contributed by atoms with Gasteiger partial charge in [-0.1, -0.05) is 18.2 Å². The molecule has 3 aromatic carbocycles. The van der Waals surface area contributed by atoms with Crippen molar-refractivity contribution in [3.05, 3.63) is 228 Å². The summed E-state index contributed by atoms with van der Waals surface area (Å²) in [5.41, 5.74) is 15.7. The third-order valence-corrected chi connectivity index (χ3v) is 28.0. The quantitative estimate of drug-likeness (QED) is 0.0675. The number of nitrogens with one attached hydrogen (secondary N) is 1. The smallest absolute Gasteiger partial charge is 0.168 e. The minimum atomic E-state index is -0.886. The first-order valence-electron chi connectivity index (χ1n) is 47.8. The molecule has 0 bridgehead atoms. The average molecular weight is 1790 g/mol. The number of aromatic nitrogens is 19. The Morgan fingerprint density at radius 3 is 1.38 bits per heavy atom. The molecule has 4 saturated carbocycles. The molecule has 30 nitrogen and oxygen atoms in total. The molecule has 12 aromatic heterocycles. The number of rotatable bonds is 21. The summed E-state index contributed by atoms with van der Waals surface area (Å²) >= 11 is 0. The summed E-state index contributed by atoms with van der Waals surface area (Å²) in [4.78, 5) is 27.5. The van der Waals surface area contributed by atoms with Crippen molar-refractivity contribution >= 4 is 56.2 Å². The summed E-state index contributed by atoms with van der Waals surface area (Å²) in [5, 5.41) is 51.6. The van der Waals surface area contributed by atoms with Crippen LogP contribution in [0.2, 0.25) is 0 Å². The Kier molecular flexibility index (Phi) is 23.2. The first-order valence-corrected chi connectivity index (χ1v) is 47.8. The van der Waals surface area contributed by atoms with E-state index in [0.29, 0.717) is 66.8 Å². The molecule has 5 aliphatic carbocycles. The predicted molar refractivity (Wildman–Crippen MR) is 502 cm³/mol. The number of pyridine rings is 5. The van der Waals surface area contributed by atoms with Gasteiger partial charge in [0.2, 0.25) is 0 Å². The fraction of sp³-hybridized carbons (Fsp3) is 0.417. The van der Waals surface area contributed by atoms with Gasteiger partial charge in [-0.15, -0.1) is 0 Å². The van der Waals surface area contributed by atoms with Gasteiger partial charge < -0.3 is 47.9 Å². The lowest BCUT2D eigenvalue weighted by molar-refractivity contribution is 0.0463. The minimum absolute atomic E-state index is 0.324. The molecule has 11 aliphatic rings. The van der Waals surface area contributed by atoms with Gasteiger partial charge in [0.15, 0.2) is 23.0 Å². The number of hydrogen-bond acceptors (Lipinski definition) is 23. The Labute approximate surface area is 769 Å². The molecule has 18 heterocycles. The number of benzene rings is 3. The molecule has 133 heavy (non-hydrogen) atoms. The molecule has 0 radical (unpaired) electrons. The number of nitrogens with zero attached hydrogens (tertiary/aromatic N) is 20. The van der Waals surface area contributed by atoms with E-state index < -0.39 is 5.60 Å². The third kappa shape index (κ3) is 18.2. The SMILES string of the molecule is CC1(O)CCN(c2ccc3c(Oc4cn(C5CC5)nc4C4CCOCC4)ccnc3c2)c2ccncc21.CCn1cc2c(n1)CN(C1C=c3nccc(Oc4cn(C5CC5)nc4C4CCOCC4)c3=CC1)C2.Cn1cc(-c2ccc3c(Oc4cn(C5CC5)nc4C4CCOCC4)ccnc3c2)cn1.c1cc(Oc2cn(C3CC3)nc2C2CCOCC2)c2ccc(-c3cn[nH]c3)cc2n1. The van der Waals surface area contributed by atoms with E-state index in [1.54, 1.807) is 24.8 Å². The predicted octanol–water partition coefficient (Wildman–Crippen LogP) is 18.2. The van der Waals surface area contributed by atoms with E-state index in [-0.39, 0.29) is 0 Å². The molecule has 26 rings (SSSR count). The van der Waals surface area contributed by atoms with Gasteiger partial charge in [0.1, 0.15) is 45.8 Å². The lowest BCUT2D eigenvalue weighted by Crippen LogP contribution is -2.39. The maximum Gasteiger partial charge on any atom is 0.168 e. The molecule has 2 atom stereocenters. The molecule has 682 valence electrons. The highest BCUT2D eigenvalue weighted by Crippen LogP contribution is 2.49. The topological polar surface area (TPSA) is 301 Å². The summed E-state index contributed by atoms with van der Waals surface area (Å²) < 4.78 is 60.8. The Balaban J connectivity index is 0.000000101. The zero-order chi connectivity index (χ0) is 89.0. The molecule has 2 unspecified atom stereocenters. The maximum absolute atomic E-state index is 10.9. The number of anilines is 2. The highest BCUT2D eigenvalue weighted by atomic mass is 16.5. The van der Waals surface area contributed by atoms with E-state index >= 15 is 0 Å². The lowest BCUT2D eigenvalue weighted by Gasteiger charge is -2.38. The summed E-state index contributed by atoms with van der Waals surface area (Å²) in [5.74, 6) is 8.26. The number of ether oxygens (including phenoxy) is 8. The van der Waals surface area contributed by atoms with E-state index in [0.717, 1.165) is 282 Å². The van der Waals surface area contributed by atoms with Crippen LogP contribution in [0.5, 0.6) is 46.0 Å². The molecule has 0 spiro atoms. The fourth-order valence-electron chi connectivity index (χ4n) is 19.8. The van der Waals surface area contributed by atoms with Gasteiger partial charge in [0.25, 0.3) is 0 Å². The highest BCUT2D eigenvalue weighted by Gasteiger charge is 2.39. The van der Waals surface area contributed by atoms with E-state index in [9.17, 15) is 5.11 Å². The Bertz CT molecular complexity index is 6830. The van der Waals surface area contributed by atoms with Crippen molar-refractivity contribution < 1.29 is 43.0 Å². The Hall–Kier alpha value is -12.8. The molecule has 4 saturated heterocycles. The van der Waals surface area contributed by atoms with E-state index in [2.05, 4.69) is 168 Å². The average Bonchev–Trinajstić information content (AvgIpc) is 1.59. The van der Waals surface area contributed by atoms with Crippen LogP contribution in [0, 0.1) is 0 Å². The monoisotopic (exact) mass is 1790 g/mol. The summed E-state index contributed by atoms with van der Waals surface area (Å²) in [7, 11) is 1.92. The number of hydrogen-bond donors (Lipinski definition) is 2.